The molecule has 0 aliphatic carbocycles. The number of piperidine rings is 1. The minimum absolute atomic E-state index is 0.101. The van der Waals surface area contributed by atoms with Crippen LogP contribution in [0, 0.1) is 5.92 Å². The lowest BCUT2D eigenvalue weighted by Crippen LogP contribution is -2.40. The predicted octanol–water partition coefficient (Wildman–Crippen LogP) is 0.422. The van der Waals surface area contributed by atoms with Crippen molar-refractivity contribution in [2.45, 2.75) is 22.6 Å². The Kier molecular flexibility index (Phi) is 5.33. The molecule has 0 spiro atoms. The Hall–Kier alpha value is -1.49. The highest BCUT2D eigenvalue weighted by molar-refractivity contribution is 7.90. The molecule has 10 heteroatoms. The van der Waals surface area contributed by atoms with Gasteiger partial charge < -0.3 is 5.11 Å². The van der Waals surface area contributed by atoms with Gasteiger partial charge in [-0.3, -0.25) is 4.79 Å². The average Bonchev–Trinajstić information content (AvgIpc) is 2.54. The molecular weight excluding hydrogens is 356 g/mol. The first-order chi connectivity index (χ1) is 11.1. The number of carboxylic acid groups (broad SMARTS) is 1. The van der Waals surface area contributed by atoms with Crippen LogP contribution in [0.15, 0.2) is 34.1 Å². The Morgan fingerprint density at radius 1 is 1.12 bits per heavy atom. The number of carbonyl (C=O) groups is 1. The van der Waals surface area contributed by atoms with E-state index in [9.17, 15) is 21.6 Å². The second-order valence-electron chi connectivity index (χ2n) is 5.78. The molecule has 1 N–H and O–H groups in total. The highest BCUT2D eigenvalue weighted by Gasteiger charge is 2.32. The van der Waals surface area contributed by atoms with Crippen LogP contribution in [-0.4, -0.2) is 63.7 Å². The Morgan fingerprint density at radius 2 is 1.67 bits per heavy atom. The van der Waals surface area contributed by atoms with Gasteiger partial charge in [0.15, 0.2) is 0 Å². The summed E-state index contributed by atoms with van der Waals surface area (Å²) in [6.45, 7) is 0.202. The van der Waals surface area contributed by atoms with Gasteiger partial charge in [-0.15, -0.1) is 0 Å². The molecule has 1 aliphatic heterocycles. The van der Waals surface area contributed by atoms with Crippen LogP contribution >= 0.6 is 0 Å². The second kappa shape index (κ2) is 6.79. The molecule has 1 heterocycles. The molecule has 24 heavy (non-hydrogen) atoms. The summed E-state index contributed by atoms with van der Waals surface area (Å²) in [6, 6.07) is 5.19. The van der Waals surface area contributed by atoms with Crippen LogP contribution in [0.4, 0.5) is 0 Å². The molecule has 0 saturated carbocycles. The van der Waals surface area contributed by atoms with Crippen LogP contribution in [-0.2, 0) is 24.8 Å². The van der Waals surface area contributed by atoms with Gasteiger partial charge in [0.2, 0.25) is 20.0 Å². The number of sulfonamides is 2. The largest absolute Gasteiger partial charge is 0.481 e. The second-order valence-corrected chi connectivity index (χ2v) is 9.87. The summed E-state index contributed by atoms with van der Waals surface area (Å²) in [7, 11) is -4.86. The molecule has 134 valence electrons. The van der Waals surface area contributed by atoms with Crippen molar-refractivity contribution in [1.82, 2.24) is 8.61 Å². The highest BCUT2D eigenvalue weighted by Crippen LogP contribution is 2.25. The number of hydrogen-bond acceptors (Lipinski definition) is 5. The Morgan fingerprint density at radius 3 is 2.17 bits per heavy atom. The fraction of sp³-hybridized carbons (Fsp3) is 0.500. The SMILES string of the molecule is CN(C)S(=O)(=O)c1cccc(S(=O)(=O)N2CCC(C(=O)O)CC2)c1. The zero-order valence-electron chi connectivity index (χ0n) is 13.4. The molecule has 1 saturated heterocycles. The van der Waals surface area contributed by atoms with Crippen molar-refractivity contribution in [1.29, 1.82) is 0 Å². The average molecular weight is 376 g/mol. The first kappa shape index (κ1) is 18.8. The van der Waals surface area contributed by atoms with E-state index < -0.39 is 31.9 Å². The van der Waals surface area contributed by atoms with Gasteiger partial charge in [0, 0.05) is 27.2 Å². The smallest absolute Gasteiger partial charge is 0.306 e. The molecule has 0 unspecified atom stereocenters. The highest BCUT2D eigenvalue weighted by atomic mass is 32.2. The molecule has 0 amide bonds. The van der Waals surface area contributed by atoms with E-state index in [4.69, 9.17) is 5.11 Å². The molecule has 1 fully saturated rings. The fourth-order valence-electron chi connectivity index (χ4n) is 2.50. The van der Waals surface area contributed by atoms with E-state index in [-0.39, 0.29) is 35.7 Å². The van der Waals surface area contributed by atoms with Crippen LogP contribution < -0.4 is 0 Å². The third-order valence-corrected chi connectivity index (χ3v) is 7.73. The number of carboxylic acids is 1. The third-order valence-electron chi connectivity index (χ3n) is 4.03. The normalized spacial score (nSPS) is 18.0. The van der Waals surface area contributed by atoms with Gasteiger partial charge in [0.1, 0.15) is 0 Å². The minimum atomic E-state index is -3.86. The van der Waals surface area contributed by atoms with Crippen molar-refractivity contribution in [2.75, 3.05) is 27.2 Å². The number of rotatable bonds is 5. The molecule has 8 nitrogen and oxygen atoms in total. The number of nitrogens with zero attached hydrogens (tertiary/aromatic N) is 2. The Bertz CT molecular complexity index is 825. The molecule has 1 aromatic carbocycles. The van der Waals surface area contributed by atoms with Crippen molar-refractivity contribution < 1.29 is 26.7 Å². The van der Waals surface area contributed by atoms with Crippen molar-refractivity contribution in [2.24, 2.45) is 5.92 Å². The maximum absolute atomic E-state index is 12.7. The monoisotopic (exact) mass is 376 g/mol. The lowest BCUT2D eigenvalue weighted by atomic mass is 9.99. The summed E-state index contributed by atoms with van der Waals surface area (Å²) in [5.74, 6) is -1.47. The fourth-order valence-corrected chi connectivity index (χ4v) is 5.04. The summed E-state index contributed by atoms with van der Waals surface area (Å²) in [4.78, 5) is 10.7. The van der Waals surface area contributed by atoms with Crippen LogP contribution in [0.25, 0.3) is 0 Å². The predicted molar refractivity (Wildman–Crippen MR) is 86.4 cm³/mol. The number of aliphatic carboxylic acids is 1. The van der Waals surface area contributed by atoms with Crippen molar-refractivity contribution in [3.8, 4) is 0 Å². The number of benzene rings is 1. The van der Waals surface area contributed by atoms with Crippen molar-refractivity contribution in [3.63, 3.8) is 0 Å². The number of hydrogen-bond donors (Lipinski definition) is 1. The summed E-state index contributed by atoms with van der Waals surface area (Å²) < 4.78 is 51.9. The standard InChI is InChI=1S/C14H20N2O6S2/c1-15(2)23(19,20)12-4-3-5-13(10-12)24(21,22)16-8-6-11(7-9-16)14(17)18/h3-5,10-11H,6-9H2,1-2H3,(H,17,18). The van der Waals surface area contributed by atoms with E-state index in [2.05, 4.69) is 0 Å². The zero-order chi connectivity index (χ0) is 18.1. The van der Waals surface area contributed by atoms with E-state index >= 15 is 0 Å². The summed E-state index contributed by atoms with van der Waals surface area (Å²) in [5.41, 5.74) is 0. The zero-order valence-corrected chi connectivity index (χ0v) is 15.0. The summed E-state index contributed by atoms with van der Waals surface area (Å²) in [5, 5.41) is 8.98. The maximum Gasteiger partial charge on any atom is 0.306 e. The Balaban J connectivity index is 2.30. The Labute approximate surface area is 141 Å². The maximum atomic E-state index is 12.7. The van der Waals surface area contributed by atoms with Gasteiger partial charge in [0.25, 0.3) is 0 Å². The van der Waals surface area contributed by atoms with Crippen molar-refractivity contribution in [3.05, 3.63) is 24.3 Å². The van der Waals surface area contributed by atoms with Gasteiger partial charge in [-0.25, -0.2) is 21.1 Å². The molecule has 0 atom stereocenters. The van der Waals surface area contributed by atoms with Gasteiger partial charge in [-0.05, 0) is 31.0 Å². The van der Waals surface area contributed by atoms with Crippen LogP contribution in [0.3, 0.4) is 0 Å². The third kappa shape index (κ3) is 3.61. The van der Waals surface area contributed by atoms with Crippen LogP contribution in [0.1, 0.15) is 12.8 Å². The van der Waals surface area contributed by atoms with E-state index in [1.165, 1.54) is 36.6 Å². The minimum Gasteiger partial charge on any atom is -0.481 e. The van der Waals surface area contributed by atoms with E-state index in [0.717, 1.165) is 10.4 Å². The van der Waals surface area contributed by atoms with Gasteiger partial charge in [-0.2, -0.15) is 4.31 Å². The molecule has 1 aromatic rings. The lowest BCUT2D eigenvalue weighted by Gasteiger charge is -2.29. The lowest BCUT2D eigenvalue weighted by molar-refractivity contribution is -0.142. The first-order valence-corrected chi connectivity index (χ1v) is 10.2. The summed E-state index contributed by atoms with van der Waals surface area (Å²) >= 11 is 0. The van der Waals surface area contributed by atoms with E-state index in [1.54, 1.807) is 0 Å². The first-order valence-electron chi connectivity index (χ1n) is 7.32. The molecule has 0 bridgehead atoms. The van der Waals surface area contributed by atoms with Crippen LogP contribution in [0.2, 0.25) is 0 Å². The van der Waals surface area contributed by atoms with Crippen LogP contribution in [0.5, 0.6) is 0 Å². The van der Waals surface area contributed by atoms with Gasteiger partial charge >= 0.3 is 5.97 Å². The molecule has 2 rings (SSSR count). The quantitative estimate of drug-likeness (QED) is 0.797. The molecule has 0 aromatic heterocycles. The van der Waals surface area contributed by atoms with E-state index in [0.29, 0.717) is 0 Å². The van der Waals surface area contributed by atoms with Crippen molar-refractivity contribution >= 4 is 26.0 Å². The van der Waals surface area contributed by atoms with Gasteiger partial charge in [-0.1, -0.05) is 6.07 Å². The topological polar surface area (TPSA) is 112 Å². The molecule has 0 radical (unpaired) electrons. The van der Waals surface area contributed by atoms with Gasteiger partial charge in [0.05, 0.1) is 15.7 Å². The molecular formula is C14H20N2O6S2. The van der Waals surface area contributed by atoms with E-state index in [1.807, 2.05) is 0 Å². The summed E-state index contributed by atoms with van der Waals surface area (Å²) in [6.07, 6.45) is 0.481. The molecule has 1 aliphatic rings.